The van der Waals surface area contributed by atoms with Crippen LogP contribution >= 0.6 is 11.3 Å². The minimum atomic E-state index is -0.209. The summed E-state index contributed by atoms with van der Waals surface area (Å²) in [5.74, 6) is 0.851. The molecule has 3 heterocycles. The van der Waals surface area contributed by atoms with Gasteiger partial charge in [-0.25, -0.2) is 14.4 Å². The molecule has 4 rings (SSSR count). The highest BCUT2D eigenvalue weighted by Gasteiger charge is 2.24. The Balaban J connectivity index is 1.78. The van der Waals surface area contributed by atoms with Gasteiger partial charge in [-0.1, -0.05) is 19.1 Å². The average molecular weight is 341 g/mol. The topological polar surface area (TPSA) is 29.0 Å². The van der Waals surface area contributed by atoms with Crippen molar-refractivity contribution in [2.75, 3.05) is 11.4 Å². The molecule has 1 fully saturated rings. The third-order valence-electron chi connectivity index (χ3n) is 4.79. The summed E-state index contributed by atoms with van der Waals surface area (Å²) in [6, 6.07) is 9.30. The van der Waals surface area contributed by atoms with E-state index in [1.807, 2.05) is 12.1 Å². The zero-order chi connectivity index (χ0) is 16.5. The van der Waals surface area contributed by atoms with Gasteiger partial charge in [-0.05, 0) is 49.4 Å². The SMILES string of the molecule is CCC1CCCCN1c1ncnc2cc(-c3ccc(F)cc3)sc12. The quantitative estimate of drug-likeness (QED) is 0.650. The summed E-state index contributed by atoms with van der Waals surface area (Å²) in [5, 5.41) is 0. The summed E-state index contributed by atoms with van der Waals surface area (Å²) >= 11 is 1.70. The highest BCUT2D eigenvalue weighted by molar-refractivity contribution is 7.22. The largest absolute Gasteiger partial charge is 0.352 e. The van der Waals surface area contributed by atoms with Gasteiger partial charge in [0.05, 0.1) is 10.2 Å². The molecule has 1 aliphatic heterocycles. The summed E-state index contributed by atoms with van der Waals surface area (Å²) in [7, 11) is 0. The molecule has 0 aliphatic carbocycles. The first-order valence-electron chi connectivity index (χ1n) is 8.53. The molecule has 0 spiro atoms. The molecule has 1 atom stereocenters. The molecule has 1 saturated heterocycles. The predicted molar refractivity (Wildman–Crippen MR) is 98.1 cm³/mol. The highest BCUT2D eigenvalue weighted by atomic mass is 32.1. The summed E-state index contributed by atoms with van der Waals surface area (Å²) in [4.78, 5) is 12.6. The Morgan fingerprint density at radius 1 is 1.21 bits per heavy atom. The maximum atomic E-state index is 13.2. The van der Waals surface area contributed by atoms with Crippen molar-refractivity contribution in [1.29, 1.82) is 0 Å². The fourth-order valence-electron chi connectivity index (χ4n) is 3.51. The molecule has 3 aromatic rings. The summed E-state index contributed by atoms with van der Waals surface area (Å²) in [6.07, 6.45) is 6.56. The molecule has 124 valence electrons. The number of nitrogens with zero attached hydrogens (tertiary/aromatic N) is 3. The van der Waals surface area contributed by atoms with Gasteiger partial charge in [0.25, 0.3) is 0 Å². The van der Waals surface area contributed by atoms with Gasteiger partial charge in [-0.15, -0.1) is 11.3 Å². The number of aromatic nitrogens is 2. The number of hydrogen-bond donors (Lipinski definition) is 0. The molecule has 1 unspecified atom stereocenters. The van der Waals surface area contributed by atoms with Gasteiger partial charge in [0.1, 0.15) is 18.0 Å². The van der Waals surface area contributed by atoms with E-state index in [2.05, 4.69) is 27.9 Å². The normalized spacial score (nSPS) is 18.2. The molecule has 0 amide bonds. The third-order valence-corrected chi connectivity index (χ3v) is 5.96. The van der Waals surface area contributed by atoms with Crippen LogP contribution in [0.5, 0.6) is 0 Å². The van der Waals surface area contributed by atoms with E-state index in [4.69, 9.17) is 0 Å². The molecule has 0 radical (unpaired) electrons. The van der Waals surface area contributed by atoms with Crippen LogP contribution in [-0.4, -0.2) is 22.6 Å². The molecule has 2 aromatic heterocycles. The van der Waals surface area contributed by atoms with Crippen molar-refractivity contribution in [2.45, 2.75) is 38.6 Å². The van der Waals surface area contributed by atoms with Gasteiger partial charge >= 0.3 is 0 Å². The number of halogens is 1. The second kappa shape index (κ2) is 6.48. The van der Waals surface area contributed by atoms with Crippen LogP contribution in [0.2, 0.25) is 0 Å². The molecular formula is C19H20FN3S. The van der Waals surface area contributed by atoms with Crippen LogP contribution in [-0.2, 0) is 0 Å². The van der Waals surface area contributed by atoms with Crippen molar-refractivity contribution in [2.24, 2.45) is 0 Å². The lowest BCUT2D eigenvalue weighted by atomic mass is 10.00. The number of piperidine rings is 1. The van der Waals surface area contributed by atoms with Crippen LogP contribution in [0.1, 0.15) is 32.6 Å². The second-order valence-electron chi connectivity index (χ2n) is 6.28. The van der Waals surface area contributed by atoms with Crippen molar-refractivity contribution >= 4 is 27.4 Å². The van der Waals surface area contributed by atoms with E-state index >= 15 is 0 Å². The molecule has 3 nitrogen and oxygen atoms in total. The van der Waals surface area contributed by atoms with Crippen molar-refractivity contribution < 1.29 is 4.39 Å². The van der Waals surface area contributed by atoms with Gasteiger partial charge < -0.3 is 4.90 Å². The fraction of sp³-hybridized carbons (Fsp3) is 0.368. The number of benzene rings is 1. The Morgan fingerprint density at radius 3 is 2.83 bits per heavy atom. The van der Waals surface area contributed by atoms with Crippen LogP contribution in [0, 0.1) is 5.82 Å². The zero-order valence-corrected chi connectivity index (χ0v) is 14.5. The highest BCUT2D eigenvalue weighted by Crippen LogP contribution is 2.38. The zero-order valence-electron chi connectivity index (χ0n) is 13.7. The smallest absolute Gasteiger partial charge is 0.150 e. The van der Waals surface area contributed by atoms with Crippen LogP contribution in [0.25, 0.3) is 20.7 Å². The lowest BCUT2D eigenvalue weighted by Crippen LogP contribution is -2.39. The Hall–Kier alpha value is -2.01. The minimum Gasteiger partial charge on any atom is -0.352 e. The number of fused-ring (bicyclic) bond motifs is 1. The van der Waals surface area contributed by atoms with Gasteiger partial charge in [0.15, 0.2) is 0 Å². The summed E-state index contributed by atoms with van der Waals surface area (Å²) < 4.78 is 14.3. The van der Waals surface area contributed by atoms with E-state index < -0.39 is 0 Å². The van der Waals surface area contributed by atoms with Gasteiger partial charge in [0, 0.05) is 17.5 Å². The maximum Gasteiger partial charge on any atom is 0.150 e. The lowest BCUT2D eigenvalue weighted by Gasteiger charge is -2.36. The van der Waals surface area contributed by atoms with E-state index in [9.17, 15) is 4.39 Å². The maximum absolute atomic E-state index is 13.2. The van der Waals surface area contributed by atoms with E-state index in [0.29, 0.717) is 6.04 Å². The van der Waals surface area contributed by atoms with Crippen LogP contribution in [0.3, 0.4) is 0 Å². The van der Waals surface area contributed by atoms with E-state index in [0.717, 1.165) is 39.4 Å². The Kier molecular flexibility index (Phi) is 4.19. The van der Waals surface area contributed by atoms with Gasteiger partial charge in [-0.3, -0.25) is 0 Å². The van der Waals surface area contributed by atoms with E-state index in [1.54, 1.807) is 17.7 Å². The first-order valence-corrected chi connectivity index (χ1v) is 9.35. The van der Waals surface area contributed by atoms with Crippen molar-refractivity contribution in [3.05, 3.63) is 42.5 Å². The molecule has 1 aliphatic rings. The standard InChI is InChI=1S/C19H20FN3S/c1-2-15-5-3-4-10-23(15)19-18-16(21-12-22-19)11-17(24-18)13-6-8-14(20)9-7-13/h6-9,11-12,15H,2-5,10H2,1H3. The number of anilines is 1. The third kappa shape index (κ3) is 2.77. The van der Waals surface area contributed by atoms with E-state index in [1.165, 1.54) is 31.4 Å². The second-order valence-corrected chi connectivity index (χ2v) is 7.33. The summed E-state index contributed by atoms with van der Waals surface area (Å²) in [6.45, 7) is 3.31. The van der Waals surface area contributed by atoms with Gasteiger partial charge in [-0.2, -0.15) is 0 Å². The average Bonchev–Trinajstić information content (AvgIpc) is 3.06. The van der Waals surface area contributed by atoms with Crippen LogP contribution in [0.15, 0.2) is 36.7 Å². The van der Waals surface area contributed by atoms with Crippen molar-refractivity contribution in [3.8, 4) is 10.4 Å². The minimum absolute atomic E-state index is 0.209. The Morgan fingerprint density at radius 2 is 2.04 bits per heavy atom. The molecular weight excluding hydrogens is 321 g/mol. The van der Waals surface area contributed by atoms with Crippen molar-refractivity contribution in [3.63, 3.8) is 0 Å². The van der Waals surface area contributed by atoms with Gasteiger partial charge in [0.2, 0.25) is 0 Å². The number of thiophene rings is 1. The molecule has 0 saturated carbocycles. The number of rotatable bonds is 3. The number of hydrogen-bond acceptors (Lipinski definition) is 4. The Bertz CT molecular complexity index is 843. The van der Waals surface area contributed by atoms with Crippen molar-refractivity contribution in [1.82, 2.24) is 9.97 Å². The molecule has 1 aromatic carbocycles. The Labute approximate surface area is 145 Å². The fourth-order valence-corrected chi connectivity index (χ4v) is 4.63. The predicted octanol–water partition coefficient (Wildman–Crippen LogP) is 5.27. The molecule has 0 bridgehead atoms. The molecule has 5 heteroatoms. The molecule has 24 heavy (non-hydrogen) atoms. The van der Waals surface area contributed by atoms with Crippen LogP contribution in [0.4, 0.5) is 10.2 Å². The summed E-state index contributed by atoms with van der Waals surface area (Å²) in [5.41, 5.74) is 2.00. The lowest BCUT2D eigenvalue weighted by molar-refractivity contribution is 0.448. The monoisotopic (exact) mass is 341 g/mol. The van der Waals surface area contributed by atoms with E-state index in [-0.39, 0.29) is 5.82 Å². The molecule has 0 N–H and O–H groups in total. The van der Waals surface area contributed by atoms with Crippen LogP contribution < -0.4 is 4.90 Å². The first kappa shape index (κ1) is 15.5. The first-order chi connectivity index (χ1) is 11.8.